The molecule has 0 saturated heterocycles. The van der Waals surface area contributed by atoms with Gasteiger partial charge in [-0.05, 0) is 41.1 Å². The Labute approximate surface area is 191 Å². The molecule has 0 bridgehead atoms. The molecule has 168 valence electrons. The van der Waals surface area contributed by atoms with E-state index in [-0.39, 0.29) is 35.8 Å². The van der Waals surface area contributed by atoms with E-state index in [9.17, 15) is 9.59 Å². The number of nitrogens with two attached hydrogens (primary N) is 1. The predicted molar refractivity (Wildman–Crippen MR) is 124 cm³/mol. The molecule has 0 spiro atoms. The van der Waals surface area contributed by atoms with Gasteiger partial charge in [0, 0.05) is 10.4 Å². The smallest absolute Gasteiger partial charge is 0.255 e. The fraction of sp³-hybridized carbons (Fsp3) is 0.250. The minimum atomic E-state index is -0.635. The molecule has 0 saturated carbocycles. The van der Waals surface area contributed by atoms with E-state index in [0.717, 1.165) is 16.9 Å². The van der Waals surface area contributed by atoms with Crippen LogP contribution in [-0.2, 0) is 11.2 Å². The summed E-state index contributed by atoms with van der Waals surface area (Å²) in [7, 11) is 2.88. The second kappa shape index (κ2) is 10.7. The number of hydrogen-bond donors (Lipinski definition) is 2. The van der Waals surface area contributed by atoms with Crippen LogP contribution >= 0.6 is 11.3 Å². The number of benzene rings is 2. The SMILES string of the molecule is CCc1ccc(C(NC(=O)c2cc(OC)c(OCC(N)=O)c(OC)c2)c2cccs2)cc1. The maximum atomic E-state index is 13.2. The van der Waals surface area contributed by atoms with Crippen molar-refractivity contribution in [2.24, 2.45) is 5.73 Å². The maximum Gasteiger partial charge on any atom is 0.255 e. The monoisotopic (exact) mass is 454 g/mol. The summed E-state index contributed by atoms with van der Waals surface area (Å²) < 4.78 is 16.1. The summed E-state index contributed by atoms with van der Waals surface area (Å²) >= 11 is 1.57. The third-order valence-corrected chi connectivity index (χ3v) is 5.84. The third kappa shape index (κ3) is 5.39. The quantitative estimate of drug-likeness (QED) is 0.486. The number of thiophene rings is 1. The van der Waals surface area contributed by atoms with E-state index in [0.29, 0.717) is 5.56 Å². The van der Waals surface area contributed by atoms with Gasteiger partial charge in [-0.3, -0.25) is 9.59 Å². The molecule has 0 aliphatic carbocycles. The van der Waals surface area contributed by atoms with Gasteiger partial charge in [-0.2, -0.15) is 0 Å². The predicted octanol–water partition coefficient (Wildman–Crippen LogP) is 3.71. The highest BCUT2D eigenvalue weighted by molar-refractivity contribution is 7.10. The van der Waals surface area contributed by atoms with Crippen LogP contribution in [0.15, 0.2) is 53.9 Å². The highest BCUT2D eigenvalue weighted by Gasteiger charge is 2.22. The zero-order chi connectivity index (χ0) is 23.1. The van der Waals surface area contributed by atoms with Crippen LogP contribution in [0.3, 0.4) is 0 Å². The lowest BCUT2D eigenvalue weighted by molar-refractivity contribution is -0.120. The van der Waals surface area contributed by atoms with Crippen molar-refractivity contribution >= 4 is 23.2 Å². The highest BCUT2D eigenvalue weighted by atomic mass is 32.1. The molecule has 3 rings (SSSR count). The molecular weight excluding hydrogens is 428 g/mol. The normalized spacial score (nSPS) is 11.5. The average Bonchev–Trinajstić information content (AvgIpc) is 3.35. The molecule has 1 aromatic heterocycles. The Morgan fingerprint density at radius 2 is 1.72 bits per heavy atom. The number of methoxy groups -OCH3 is 2. The van der Waals surface area contributed by atoms with E-state index in [4.69, 9.17) is 19.9 Å². The van der Waals surface area contributed by atoms with Crippen LogP contribution in [0.1, 0.15) is 39.3 Å². The summed E-state index contributed by atoms with van der Waals surface area (Å²) in [5, 5.41) is 5.09. The van der Waals surface area contributed by atoms with Crippen molar-refractivity contribution in [1.29, 1.82) is 0 Å². The van der Waals surface area contributed by atoms with Crippen molar-refractivity contribution in [3.05, 3.63) is 75.5 Å². The zero-order valence-electron chi connectivity index (χ0n) is 18.2. The topological polar surface area (TPSA) is 99.9 Å². The van der Waals surface area contributed by atoms with Gasteiger partial charge in [0.05, 0.1) is 20.3 Å². The summed E-state index contributed by atoms with van der Waals surface area (Å²) in [4.78, 5) is 25.4. The first-order valence-corrected chi connectivity index (χ1v) is 10.9. The standard InChI is InChI=1S/C24H26N2O5S/c1-4-15-7-9-16(10-8-15)22(20-6-5-11-32-20)26-24(28)17-12-18(29-2)23(19(13-17)30-3)31-14-21(25)27/h5-13,22H,4,14H2,1-3H3,(H2,25,27)(H,26,28). The van der Waals surface area contributed by atoms with Gasteiger partial charge >= 0.3 is 0 Å². The maximum absolute atomic E-state index is 13.2. The fourth-order valence-corrected chi connectivity index (χ4v) is 4.03. The molecule has 3 aromatic rings. The molecule has 1 heterocycles. The Kier molecular flexibility index (Phi) is 7.72. The number of rotatable bonds is 10. The molecule has 2 aromatic carbocycles. The molecule has 1 atom stereocenters. The lowest BCUT2D eigenvalue weighted by atomic mass is 10.0. The Morgan fingerprint density at radius 1 is 1.06 bits per heavy atom. The fourth-order valence-electron chi connectivity index (χ4n) is 3.23. The summed E-state index contributed by atoms with van der Waals surface area (Å²) in [6.07, 6.45) is 0.945. The lowest BCUT2D eigenvalue weighted by Gasteiger charge is -2.20. The molecule has 7 nitrogen and oxygen atoms in total. The van der Waals surface area contributed by atoms with Gasteiger partial charge in [0.15, 0.2) is 18.1 Å². The number of primary amides is 1. The average molecular weight is 455 g/mol. The number of carbonyl (C=O) groups excluding carboxylic acids is 2. The van der Waals surface area contributed by atoms with E-state index < -0.39 is 5.91 Å². The molecule has 3 N–H and O–H groups in total. The molecule has 2 amide bonds. The summed E-state index contributed by atoms with van der Waals surface area (Å²) in [5.41, 5.74) is 7.71. The second-order valence-electron chi connectivity index (χ2n) is 6.98. The summed E-state index contributed by atoms with van der Waals surface area (Å²) in [6, 6.07) is 14.9. The van der Waals surface area contributed by atoms with Gasteiger partial charge in [0.25, 0.3) is 11.8 Å². The van der Waals surface area contributed by atoms with E-state index in [2.05, 4.69) is 24.4 Å². The van der Waals surface area contributed by atoms with Gasteiger partial charge in [0.2, 0.25) is 5.75 Å². The molecule has 1 unspecified atom stereocenters. The molecule has 0 aliphatic rings. The third-order valence-electron chi connectivity index (χ3n) is 4.91. The van der Waals surface area contributed by atoms with Crippen molar-refractivity contribution in [2.45, 2.75) is 19.4 Å². The van der Waals surface area contributed by atoms with Crippen LogP contribution in [0.4, 0.5) is 0 Å². The number of ether oxygens (including phenoxy) is 3. The van der Waals surface area contributed by atoms with Crippen LogP contribution in [0, 0.1) is 0 Å². The van der Waals surface area contributed by atoms with Crippen LogP contribution in [0.5, 0.6) is 17.2 Å². The molecule has 0 aliphatic heterocycles. The Balaban J connectivity index is 1.92. The van der Waals surface area contributed by atoms with Gasteiger partial charge in [0.1, 0.15) is 0 Å². The highest BCUT2D eigenvalue weighted by Crippen LogP contribution is 2.39. The lowest BCUT2D eigenvalue weighted by Crippen LogP contribution is -2.29. The number of nitrogens with one attached hydrogen (secondary N) is 1. The van der Waals surface area contributed by atoms with Crippen LogP contribution in [0.25, 0.3) is 0 Å². The molecule has 8 heteroatoms. The Bertz CT molecular complexity index is 1040. The number of aryl methyl sites for hydroxylation is 1. The van der Waals surface area contributed by atoms with E-state index in [1.165, 1.54) is 19.8 Å². The number of hydrogen-bond acceptors (Lipinski definition) is 6. The Morgan fingerprint density at radius 3 is 2.22 bits per heavy atom. The van der Waals surface area contributed by atoms with Gasteiger partial charge in [-0.15, -0.1) is 11.3 Å². The van der Waals surface area contributed by atoms with Gasteiger partial charge in [-0.25, -0.2) is 0 Å². The number of carbonyl (C=O) groups is 2. The molecule has 0 fully saturated rings. The minimum Gasteiger partial charge on any atom is -0.493 e. The van der Waals surface area contributed by atoms with E-state index >= 15 is 0 Å². The Hall–Kier alpha value is -3.52. The largest absolute Gasteiger partial charge is 0.493 e. The van der Waals surface area contributed by atoms with Crippen molar-refractivity contribution in [3.63, 3.8) is 0 Å². The first kappa shape index (κ1) is 23.1. The van der Waals surface area contributed by atoms with Crippen LogP contribution < -0.4 is 25.3 Å². The zero-order valence-corrected chi connectivity index (χ0v) is 19.0. The number of amides is 2. The second-order valence-corrected chi connectivity index (χ2v) is 7.96. The molecule has 32 heavy (non-hydrogen) atoms. The van der Waals surface area contributed by atoms with Gasteiger partial charge in [-0.1, -0.05) is 37.3 Å². The molecule has 0 radical (unpaired) electrons. The van der Waals surface area contributed by atoms with Crippen molar-refractivity contribution in [2.75, 3.05) is 20.8 Å². The van der Waals surface area contributed by atoms with Gasteiger partial charge < -0.3 is 25.3 Å². The molecular formula is C24H26N2O5S. The first-order chi connectivity index (χ1) is 15.5. The summed E-state index contributed by atoms with van der Waals surface area (Å²) in [6.45, 7) is 1.76. The van der Waals surface area contributed by atoms with Crippen molar-refractivity contribution in [1.82, 2.24) is 5.32 Å². The van der Waals surface area contributed by atoms with Crippen molar-refractivity contribution < 1.29 is 23.8 Å². The first-order valence-electron chi connectivity index (χ1n) is 10.1. The van der Waals surface area contributed by atoms with E-state index in [1.54, 1.807) is 23.5 Å². The van der Waals surface area contributed by atoms with E-state index in [1.807, 2.05) is 29.6 Å². The minimum absolute atomic E-state index is 0.204. The van der Waals surface area contributed by atoms with Crippen LogP contribution in [-0.4, -0.2) is 32.6 Å². The van der Waals surface area contributed by atoms with Crippen molar-refractivity contribution in [3.8, 4) is 17.2 Å². The summed E-state index contributed by atoms with van der Waals surface area (Å²) in [5.74, 6) is -0.216. The van der Waals surface area contributed by atoms with Crippen LogP contribution in [0.2, 0.25) is 0 Å².